The number of alkyl halides is 2. The van der Waals surface area contributed by atoms with Crippen molar-refractivity contribution in [3.63, 3.8) is 0 Å². The van der Waals surface area contributed by atoms with Gasteiger partial charge in [-0.2, -0.15) is 0 Å². The molecular formula is C24H30F3N3O3S. The van der Waals surface area contributed by atoms with E-state index in [1.54, 1.807) is 45.9 Å². The lowest BCUT2D eigenvalue weighted by Crippen LogP contribution is -2.53. The molecule has 2 aromatic rings. The summed E-state index contributed by atoms with van der Waals surface area (Å²) in [5.74, 6) is -4.74. The molecule has 0 radical (unpaired) electrons. The van der Waals surface area contributed by atoms with E-state index in [1.807, 2.05) is 17.7 Å². The Morgan fingerprint density at radius 2 is 1.88 bits per heavy atom. The number of hydrogen-bond acceptors (Lipinski definition) is 4. The monoisotopic (exact) mass is 497 g/mol. The quantitative estimate of drug-likeness (QED) is 0.681. The minimum atomic E-state index is -4.03. The molecule has 1 aromatic carbocycles. The van der Waals surface area contributed by atoms with Gasteiger partial charge >= 0.3 is 0 Å². The molecule has 1 fully saturated rings. The lowest BCUT2D eigenvalue weighted by molar-refractivity contribution is -0.141. The second-order valence-electron chi connectivity index (χ2n) is 10.0. The second kappa shape index (κ2) is 8.96. The first-order valence-corrected chi connectivity index (χ1v) is 12.8. The summed E-state index contributed by atoms with van der Waals surface area (Å²) in [6.07, 6.45) is 0.483. The molecule has 6 nitrogen and oxygen atoms in total. The summed E-state index contributed by atoms with van der Waals surface area (Å²) in [4.78, 5) is 18.4. The van der Waals surface area contributed by atoms with Gasteiger partial charge in [-0.25, -0.2) is 26.3 Å². The Bertz CT molecular complexity index is 1190. The summed E-state index contributed by atoms with van der Waals surface area (Å²) in [6, 6.07) is 4.99. The smallest absolute Gasteiger partial charge is 0.283 e. The maximum atomic E-state index is 15.6. The van der Waals surface area contributed by atoms with E-state index in [0.717, 1.165) is 16.7 Å². The van der Waals surface area contributed by atoms with Crippen LogP contribution in [0.4, 0.5) is 13.2 Å². The van der Waals surface area contributed by atoms with Gasteiger partial charge in [-0.1, -0.05) is 32.9 Å². The molecule has 2 heterocycles. The first-order chi connectivity index (χ1) is 15.5. The highest BCUT2D eigenvalue weighted by atomic mass is 32.2. The molecule has 1 saturated heterocycles. The number of aromatic nitrogens is 1. The zero-order valence-corrected chi connectivity index (χ0v) is 20.9. The molecule has 1 aliphatic heterocycles. The summed E-state index contributed by atoms with van der Waals surface area (Å²) in [6.45, 7) is 7.47. The van der Waals surface area contributed by atoms with Crippen molar-refractivity contribution in [2.75, 3.05) is 12.8 Å². The first kappa shape index (κ1) is 26.2. The fourth-order valence-electron chi connectivity index (χ4n) is 4.32. The molecule has 1 N–H and O–H groups in total. The molecule has 0 saturated carbocycles. The molecule has 2 atom stereocenters. The molecular weight excluding hydrogens is 467 g/mol. The number of benzene rings is 1. The molecule has 0 unspecified atom stereocenters. The predicted octanol–water partition coefficient (Wildman–Crippen LogP) is 3.86. The number of carbonyl (C=O) groups excluding carboxylic acids is 1. The average molecular weight is 498 g/mol. The van der Waals surface area contributed by atoms with E-state index in [0.29, 0.717) is 11.4 Å². The first-order valence-electron chi connectivity index (χ1n) is 10.9. The molecule has 1 aromatic heterocycles. The van der Waals surface area contributed by atoms with Gasteiger partial charge in [-0.05, 0) is 49.6 Å². The number of amides is 1. The van der Waals surface area contributed by atoms with E-state index in [9.17, 15) is 22.0 Å². The van der Waals surface area contributed by atoms with Crippen LogP contribution in [0.1, 0.15) is 37.6 Å². The van der Waals surface area contributed by atoms with Crippen molar-refractivity contribution < 1.29 is 26.4 Å². The molecule has 3 rings (SSSR count). The Morgan fingerprint density at radius 3 is 2.44 bits per heavy atom. The number of nitrogens with zero attached hydrogens (tertiary/aromatic N) is 2. The number of hydrogen-bond donors (Lipinski definition) is 1. The van der Waals surface area contributed by atoms with Gasteiger partial charge in [0.15, 0.2) is 0 Å². The van der Waals surface area contributed by atoms with Crippen molar-refractivity contribution in [1.82, 2.24) is 14.6 Å². The number of nitrogens with one attached hydrogen (secondary N) is 1. The molecule has 1 amide bonds. The molecule has 10 heteroatoms. The molecule has 186 valence electrons. The van der Waals surface area contributed by atoms with Crippen LogP contribution < -0.4 is 4.72 Å². The summed E-state index contributed by atoms with van der Waals surface area (Å²) in [5.41, 5.74) is 1.31. The zero-order chi connectivity index (χ0) is 25.6. The van der Waals surface area contributed by atoms with Crippen LogP contribution in [0.3, 0.4) is 0 Å². The number of sulfonamides is 1. The number of halogens is 3. The summed E-state index contributed by atoms with van der Waals surface area (Å²) < 4.78 is 71.4. The van der Waals surface area contributed by atoms with E-state index < -0.39 is 51.7 Å². The average Bonchev–Trinajstić information content (AvgIpc) is 2.90. The Balaban J connectivity index is 2.08. The highest BCUT2D eigenvalue weighted by Crippen LogP contribution is 2.38. The Labute approximate surface area is 198 Å². The van der Waals surface area contributed by atoms with Crippen molar-refractivity contribution in [3.05, 3.63) is 53.0 Å². The second-order valence-corrected chi connectivity index (χ2v) is 11.8. The van der Waals surface area contributed by atoms with E-state index >= 15 is 4.39 Å². The van der Waals surface area contributed by atoms with Crippen molar-refractivity contribution in [2.45, 2.75) is 59.0 Å². The molecule has 0 spiro atoms. The fraction of sp³-hybridized carbons (Fsp3) is 0.500. The molecule has 0 bridgehead atoms. The third-order valence-electron chi connectivity index (χ3n) is 5.75. The van der Waals surface area contributed by atoms with Gasteiger partial charge in [0, 0.05) is 16.7 Å². The van der Waals surface area contributed by atoms with Gasteiger partial charge in [0.25, 0.3) is 5.92 Å². The van der Waals surface area contributed by atoms with Crippen LogP contribution in [0, 0.1) is 25.1 Å². The number of likely N-dealkylation sites (tertiary alicyclic amines) is 1. The Kier molecular flexibility index (Phi) is 6.89. The lowest BCUT2D eigenvalue weighted by Gasteiger charge is -2.32. The zero-order valence-electron chi connectivity index (χ0n) is 20.1. The van der Waals surface area contributed by atoms with Crippen LogP contribution in [-0.4, -0.2) is 55.0 Å². The third-order valence-corrected chi connectivity index (χ3v) is 6.43. The van der Waals surface area contributed by atoms with E-state index in [2.05, 4.69) is 4.98 Å². The summed E-state index contributed by atoms with van der Waals surface area (Å²) in [7, 11) is -4.03. The Hall–Kier alpha value is -2.46. The minimum absolute atomic E-state index is 0.0909. The van der Waals surface area contributed by atoms with E-state index in [-0.39, 0.29) is 17.5 Å². The standard InChI is InChI=1S/C24H30F3N3O3S/c1-14-10-15(2)28-18(11-14)17-9-7-8-16(20(17)25)12-19-21(29-34(6,32)33)24(26,27)13-30(19)22(31)23(3,4)5/h7-11,19,21,29H,12-13H2,1-6H3/t19-,21+/m0/s1. The van der Waals surface area contributed by atoms with Crippen LogP contribution >= 0.6 is 0 Å². The number of carbonyl (C=O) groups is 1. The lowest BCUT2D eigenvalue weighted by atomic mass is 9.92. The van der Waals surface area contributed by atoms with Crippen molar-refractivity contribution in [3.8, 4) is 11.3 Å². The number of aryl methyl sites for hydroxylation is 2. The van der Waals surface area contributed by atoms with Crippen LogP contribution in [-0.2, 0) is 21.2 Å². The maximum Gasteiger partial charge on any atom is 0.283 e. The number of rotatable bonds is 5. The van der Waals surface area contributed by atoms with Crippen LogP contribution in [0.5, 0.6) is 0 Å². The summed E-state index contributed by atoms with van der Waals surface area (Å²) in [5, 5.41) is 0. The topological polar surface area (TPSA) is 79.4 Å². The van der Waals surface area contributed by atoms with E-state index in [4.69, 9.17) is 0 Å². The minimum Gasteiger partial charge on any atom is -0.331 e. The maximum absolute atomic E-state index is 15.6. The summed E-state index contributed by atoms with van der Waals surface area (Å²) >= 11 is 0. The number of pyridine rings is 1. The third kappa shape index (κ3) is 5.60. The van der Waals surface area contributed by atoms with Gasteiger partial charge < -0.3 is 4.90 Å². The molecule has 0 aliphatic carbocycles. The van der Waals surface area contributed by atoms with Crippen LogP contribution in [0.15, 0.2) is 30.3 Å². The van der Waals surface area contributed by atoms with Crippen LogP contribution in [0.25, 0.3) is 11.3 Å². The molecule has 1 aliphatic rings. The fourth-order valence-corrected chi connectivity index (χ4v) is 5.11. The Morgan fingerprint density at radius 1 is 1.24 bits per heavy atom. The normalized spacial score (nSPS) is 20.6. The van der Waals surface area contributed by atoms with Gasteiger partial charge in [0.1, 0.15) is 11.9 Å². The van der Waals surface area contributed by atoms with Gasteiger partial charge in [0.2, 0.25) is 15.9 Å². The SMILES string of the molecule is Cc1cc(C)nc(-c2cccc(C[C@H]3[C@@H](NS(C)(=O)=O)C(F)(F)CN3C(=O)C(C)(C)C)c2F)c1. The largest absolute Gasteiger partial charge is 0.331 e. The van der Waals surface area contributed by atoms with Crippen molar-refractivity contribution >= 4 is 15.9 Å². The van der Waals surface area contributed by atoms with Gasteiger partial charge in [-0.3, -0.25) is 9.78 Å². The van der Waals surface area contributed by atoms with Crippen molar-refractivity contribution in [2.24, 2.45) is 5.41 Å². The van der Waals surface area contributed by atoms with E-state index in [1.165, 1.54) is 6.07 Å². The van der Waals surface area contributed by atoms with Gasteiger partial charge in [-0.15, -0.1) is 0 Å². The molecule has 34 heavy (non-hydrogen) atoms. The van der Waals surface area contributed by atoms with Crippen molar-refractivity contribution in [1.29, 1.82) is 0 Å². The van der Waals surface area contributed by atoms with Crippen LogP contribution in [0.2, 0.25) is 0 Å². The highest BCUT2D eigenvalue weighted by molar-refractivity contribution is 7.88. The predicted molar refractivity (Wildman–Crippen MR) is 124 cm³/mol. The highest BCUT2D eigenvalue weighted by Gasteiger charge is 2.57. The van der Waals surface area contributed by atoms with Gasteiger partial charge in [0.05, 0.1) is 24.5 Å².